The molecule has 3 aromatic rings. The van der Waals surface area contributed by atoms with Gasteiger partial charge in [0.15, 0.2) is 5.69 Å². The quantitative estimate of drug-likeness (QED) is 0.627. The number of benzene rings is 1. The van der Waals surface area contributed by atoms with E-state index in [-0.39, 0.29) is 11.8 Å². The first-order valence-electron chi connectivity index (χ1n) is 11.6. The van der Waals surface area contributed by atoms with E-state index in [9.17, 15) is 9.59 Å². The predicted molar refractivity (Wildman–Crippen MR) is 122 cm³/mol. The molecule has 8 heteroatoms. The molecule has 5 rings (SSSR count). The number of hydrogen-bond donors (Lipinski definition) is 1. The Morgan fingerprint density at radius 3 is 2.76 bits per heavy atom. The molecule has 172 valence electrons. The third kappa shape index (κ3) is 4.85. The number of furan rings is 1. The molecular formula is C25H29N5O3. The fourth-order valence-electron chi connectivity index (χ4n) is 4.66. The Bertz CT molecular complexity index is 1110. The summed E-state index contributed by atoms with van der Waals surface area (Å²) in [6.07, 6.45) is 3.72. The number of amides is 2. The lowest BCUT2D eigenvalue weighted by Gasteiger charge is -2.27. The summed E-state index contributed by atoms with van der Waals surface area (Å²) >= 11 is 0. The van der Waals surface area contributed by atoms with E-state index in [0.717, 1.165) is 42.9 Å². The predicted octanol–water partition coefficient (Wildman–Crippen LogP) is 2.24. The number of nitrogens with zero attached hydrogens (tertiary/aromatic N) is 4. The zero-order valence-electron chi connectivity index (χ0n) is 18.7. The van der Waals surface area contributed by atoms with Gasteiger partial charge in [-0.25, -0.2) is 0 Å². The summed E-state index contributed by atoms with van der Waals surface area (Å²) in [6, 6.07) is 14.2. The minimum absolute atomic E-state index is 0.00894. The number of carbonyl (C=O) groups excluding carboxylic acids is 2. The maximum Gasteiger partial charge on any atom is 0.274 e. The Hall–Kier alpha value is -3.39. The number of aromatic nitrogens is 2. The van der Waals surface area contributed by atoms with Crippen molar-refractivity contribution in [2.75, 3.05) is 26.2 Å². The van der Waals surface area contributed by atoms with Crippen LogP contribution in [-0.4, -0.2) is 57.6 Å². The van der Waals surface area contributed by atoms with Gasteiger partial charge in [-0.05, 0) is 24.1 Å². The van der Waals surface area contributed by atoms with Crippen molar-refractivity contribution >= 4 is 11.8 Å². The summed E-state index contributed by atoms with van der Waals surface area (Å²) in [5, 5.41) is 7.67. The Balaban J connectivity index is 1.40. The fraction of sp³-hybridized carbons (Fsp3) is 0.400. The SMILES string of the molecule is O=C1CCN(C(=O)c2nn(CCc3ccccc3)c3c2CN(Cc2ccco2)CC3)CCN1. The lowest BCUT2D eigenvalue weighted by atomic mass is 10.0. The molecule has 0 saturated carbocycles. The van der Waals surface area contributed by atoms with Crippen LogP contribution in [0.2, 0.25) is 0 Å². The lowest BCUT2D eigenvalue weighted by Crippen LogP contribution is -2.36. The van der Waals surface area contributed by atoms with Gasteiger partial charge in [0.25, 0.3) is 5.91 Å². The third-order valence-corrected chi connectivity index (χ3v) is 6.43. The van der Waals surface area contributed by atoms with Crippen LogP contribution in [0.15, 0.2) is 53.1 Å². The van der Waals surface area contributed by atoms with E-state index in [1.54, 1.807) is 11.2 Å². The average molecular weight is 448 g/mol. The molecule has 0 aliphatic carbocycles. The molecule has 33 heavy (non-hydrogen) atoms. The van der Waals surface area contributed by atoms with Crippen molar-refractivity contribution in [2.24, 2.45) is 0 Å². The molecule has 1 N–H and O–H groups in total. The van der Waals surface area contributed by atoms with E-state index >= 15 is 0 Å². The van der Waals surface area contributed by atoms with Crippen molar-refractivity contribution in [2.45, 2.75) is 38.9 Å². The molecule has 8 nitrogen and oxygen atoms in total. The summed E-state index contributed by atoms with van der Waals surface area (Å²) in [6.45, 7) is 4.40. The molecule has 2 aliphatic heterocycles. The van der Waals surface area contributed by atoms with Crippen LogP contribution in [0.3, 0.4) is 0 Å². The average Bonchev–Trinajstić information content (AvgIpc) is 3.41. The highest BCUT2D eigenvalue weighted by atomic mass is 16.3. The highest BCUT2D eigenvalue weighted by Gasteiger charge is 2.31. The van der Waals surface area contributed by atoms with E-state index in [1.807, 2.05) is 35.0 Å². The van der Waals surface area contributed by atoms with Gasteiger partial charge in [0, 0.05) is 63.4 Å². The summed E-state index contributed by atoms with van der Waals surface area (Å²) in [4.78, 5) is 29.3. The van der Waals surface area contributed by atoms with Gasteiger partial charge in [0.05, 0.1) is 12.8 Å². The minimum atomic E-state index is -0.0824. The Morgan fingerprint density at radius 2 is 1.94 bits per heavy atom. The van der Waals surface area contributed by atoms with Crippen LogP contribution in [0.4, 0.5) is 0 Å². The highest BCUT2D eigenvalue weighted by molar-refractivity contribution is 5.94. The maximum atomic E-state index is 13.5. The minimum Gasteiger partial charge on any atom is -0.468 e. The number of rotatable bonds is 6. The first kappa shape index (κ1) is 21.5. The molecule has 2 aliphatic rings. The van der Waals surface area contributed by atoms with Crippen LogP contribution in [0.1, 0.15) is 39.5 Å². The van der Waals surface area contributed by atoms with Gasteiger partial charge in [-0.3, -0.25) is 19.2 Å². The van der Waals surface area contributed by atoms with Gasteiger partial charge in [0.1, 0.15) is 5.76 Å². The maximum absolute atomic E-state index is 13.5. The smallest absolute Gasteiger partial charge is 0.274 e. The van der Waals surface area contributed by atoms with Gasteiger partial charge in [-0.1, -0.05) is 30.3 Å². The number of hydrogen-bond acceptors (Lipinski definition) is 5. The topological polar surface area (TPSA) is 83.6 Å². The van der Waals surface area contributed by atoms with E-state index < -0.39 is 0 Å². The highest BCUT2D eigenvalue weighted by Crippen LogP contribution is 2.26. The molecule has 0 radical (unpaired) electrons. The van der Waals surface area contributed by atoms with E-state index in [2.05, 4.69) is 22.3 Å². The molecule has 0 bridgehead atoms. The Labute approximate surface area is 193 Å². The number of fused-ring (bicyclic) bond motifs is 1. The second-order valence-electron chi connectivity index (χ2n) is 8.66. The number of aryl methyl sites for hydroxylation is 2. The zero-order chi connectivity index (χ0) is 22.6. The molecule has 1 saturated heterocycles. The van der Waals surface area contributed by atoms with Crippen LogP contribution in [0.5, 0.6) is 0 Å². The summed E-state index contributed by atoms with van der Waals surface area (Å²) in [7, 11) is 0. The monoisotopic (exact) mass is 447 g/mol. The van der Waals surface area contributed by atoms with Gasteiger partial charge >= 0.3 is 0 Å². The normalized spacial score (nSPS) is 16.8. The van der Waals surface area contributed by atoms with Crippen LogP contribution in [-0.2, 0) is 37.3 Å². The first-order valence-corrected chi connectivity index (χ1v) is 11.6. The molecule has 1 fully saturated rings. The fourth-order valence-corrected chi connectivity index (χ4v) is 4.66. The summed E-state index contributed by atoms with van der Waals surface area (Å²) < 4.78 is 7.57. The number of nitrogens with one attached hydrogen (secondary N) is 1. The van der Waals surface area contributed by atoms with Crippen molar-refractivity contribution < 1.29 is 14.0 Å². The molecular weight excluding hydrogens is 418 g/mol. The molecule has 0 unspecified atom stereocenters. The second kappa shape index (κ2) is 9.62. The standard InChI is InChI=1S/C25H29N5O3/c31-23-10-13-29(15-11-26-23)25(32)24-21-18-28(17-20-7-4-16-33-20)12-9-22(21)30(27-24)14-8-19-5-2-1-3-6-19/h1-7,16H,8-15,17-18H2,(H,26,31). The molecule has 2 amide bonds. The van der Waals surface area contributed by atoms with Crippen molar-refractivity contribution in [3.63, 3.8) is 0 Å². The van der Waals surface area contributed by atoms with Crippen LogP contribution < -0.4 is 5.32 Å². The lowest BCUT2D eigenvalue weighted by molar-refractivity contribution is -0.120. The molecule has 0 spiro atoms. The third-order valence-electron chi connectivity index (χ3n) is 6.43. The Morgan fingerprint density at radius 1 is 1.06 bits per heavy atom. The van der Waals surface area contributed by atoms with E-state index in [1.165, 1.54) is 5.56 Å². The van der Waals surface area contributed by atoms with Crippen molar-refractivity contribution in [3.05, 3.63) is 77.0 Å². The van der Waals surface area contributed by atoms with Crippen LogP contribution >= 0.6 is 0 Å². The van der Waals surface area contributed by atoms with Crippen LogP contribution in [0, 0.1) is 0 Å². The largest absolute Gasteiger partial charge is 0.468 e. The molecule has 4 heterocycles. The van der Waals surface area contributed by atoms with Crippen molar-refractivity contribution in [1.82, 2.24) is 24.9 Å². The van der Waals surface area contributed by atoms with Crippen molar-refractivity contribution in [3.8, 4) is 0 Å². The van der Waals surface area contributed by atoms with Gasteiger partial charge in [0.2, 0.25) is 5.91 Å². The Kier molecular flexibility index (Phi) is 6.26. The van der Waals surface area contributed by atoms with Gasteiger partial charge in [-0.2, -0.15) is 5.10 Å². The molecule has 1 aromatic carbocycles. The van der Waals surface area contributed by atoms with Crippen molar-refractivity contribution in [1.29, 1.82) is 0 Å². The summed E-state index contributed by atoms with van der Waals surface area (Å²) in [5.74, 6) is 0.825. The van der Waals surface area contributed by atoms with Gasteiger partial charge in [-0.15, -0.1) is 0 Å². The van der Waals surface area contributed by atoms with Crippen LogP contribution in [0.25, 0.3) is 0 Å². The second-order valence-corrected chi connectivity index (χ2v) is 8.66. The first-order chi connectivity index (χ1) is 16.2. The molecule has 0 atom stereocenters. The van der Waals surface area contributed by atoms with E-state index in [0.29, 0.717) is 44.8 Å². The summed E-state index contributed by atoms with van der Waals surface area (Å²) in [5.41, 5.74) is 3.93. The number of carbonyl (C=O) groups is 2. The van der Waals surface area contributed by atoms with E-state index in [4.69, 9.17) is 9.52 Å². The zero-order valence-corrected chi connectivity index (χ0v) is 18.7. The molecule has 2 aromatic heterocycles. The van der Waals surface area contributed by atoms with Gasteiger partial charge < -0.3 is 14.6 Å².